The molecule has 0 saturated carbocycles. The molecular weight excluding hydrogens is 267 g/mol. The Morgan fingerprint density at radius 3 is 2.62 bits per heavy atom. The molecule has 1 heterocycles. The van der Waals surface area contributed by atoms with Gasteiger partial charge in [-0.25, -0.2) is 4.39 Å². The van der Waals surface area contributed by atoms with Gasteiger partial charge in [0.1, 0.15) is 5.82 Å². The third-order valence-electron chi connectivity index (χ3n) is 4.88. The van der Waals surface area contributed by atoms with E-state index in [9.17, 15) is 4.39 Å². The Hall–Kier alpha value is -1.13. The number of hydrogen-bond donors (Lipinski definition) is 1. The molecule has 4 heteroatoms. The van der Waals surface area contributed by atoms with E-state index in [-0.39, 0.29) is 17.0 Å². The minimum absolute atomic E-state index is 0.183. The minimum atomic E-state index is -0.236. The third kappa shape index (κ3) is 3.06. The normalized spacial score (nSPS) is 29.4. The van der Waals surface area contributed by atoms with Crippen LogP contribution < -0.4 is 10.6 Å². The lowest BCUT2D eigenvalue weighted by Crippen LogP contribution is -2.61. The fraction of sp³-hybridized carbons (Fsp3) is 0.647. The van der Waals surface area contributed by atoms with E-state index in [2.05, 4.69) is 25.7 Å². The Morgan fingerprint density at radius 2 is 2.05 bits per heavy atom. The molecule has 2 atom stereocenters. The topological polar surface area (TPSA) is 38.5 Å². The van der Waals surface area contributed by atoms with Crippen LogP contribution in [-0.4, -0.2) is 30.8 Å². The van der Waals surface area contributed by atoms with E-state index in [1.165, 1.54) is 6.07 Å². The van der Waals surface area contributed by atoms with E-state index < -0.39 is 0 Å². The molecule has 1 fully saturated rings. The van der Waals surface area contributed by atoms with Crippen molar-refractivity contribution >= 4 is 5.69 Å². The lowest BCUT2D eigenvalue weighted by molar-refractivity contribution is -0.0935. The summed E-state index contributed by atoms with van der Waals surface area (Å²) in [5, 5.41) is 0. The summed E-state index contributed by atoms with van der Waals surface area (Å²) in [6.07, 6.45) is 2.60. The van der Waals surface area contributed by atoms with Crippen LogP contribution >= 0.6 is 0 Å². The molecule has 0 aliphatic carbocycles. The van der Waals surface area contributed by atoms with Gasteiger partial charge >= 0.3 is 0 Å². The SMILES string of the molecule is CCN(c1ccccc1F)C1(CN)CCOC(C)(CC)C1. The number of ether oxygens (including phenoxy) is 1. The van der Waals surface area contributed by atoms with Crippen molar-refractivity contribution in [3.05, 3.63) is 30.1 Å². The summed E-state index contributed by atoms with van der Waals surface area (Å²) in [5.41, 5.74) is 6.38. The third-order valence-corrected chi connectivity index (χ3v) is 4.88. The van der Waals surface area contributed by atoms with Crippen LogP contribution in [0, 0.1) is 5.82 Å². The molecule has 0 radical (unpaired) electrons. The van der Waals surface area contributed by atoms with E-state index in [4.69, 9.17) is 10.5 Å². The standard InChI is InChI=1S/C17H27FN2O/c1-4-16(3)12-17(13-19,10-11-21-16)20(5-2)15-9-7-6-8-14(15)18/h6-9H,4-5,10-13,19H2,1-3H3. The summed E-state index contributed by atoms with van der Waals surface area (Å²) in [4.78, 5) is 2.14. The molecule has 0 bridgehead atoms. The predicted molar refractivity (Wildman–Crippen MR) is 85.1 cm³/mol. The molecule has 1 aromatic rings. The Bertz CT molecular complexity index is 482. The van der Waals surface area contributed by atoms with E-state index in [1.54, 1.807) is 6.07 Å². The van der Waals surface area contributed by atoms with E-state index in [0.29, 0.717) is 18.8 Å². The van der Waals surface area contributed by atoms with Gasteiger partial charge in [0, 0.05) is 26.1 Å². The summed E-state index contributed by atoms with van der Waals surface area (Å²) in [5.74, 6) is -0.183. The number of nitrogens with two attached hydrogens (primary N) is 1. The maximum absolute atomic E-state index is 14.2. The van der Waals surface area contributed by atoms with Crippen LogP contribution in [0.5, 0.6) is 0 Å². The zero-order valence-corrected chi connectivity index (χ0v) is 13.4. The van der Waals surface area contributed by atoms with Crippen LogP contribution in [0.1, 0.15) is 40.0 Å². The fourth-order valence-corrected chi connectivity index (χ4v) is 3.50. The first kappa shape index (κ1) is 16.2. The molecule has 3 nitrogen and oxygen atoms in total. The van der Waals surface area contributed by atoms with Crippen molar-refractivity contribution in [3.8, 4) is 0 Å². The molecule has 2 rings (SSSR count). The van der Waals surface area contributed by atoms with Crippen LogP contribution in [0.3, 0.4) is 0 Å². The van der Waals surface area contributed by atoms with Crippen molar-refractivity contribution in [2.24, 2.45) is 5.73 Å². The van der Waals surface area contributed by atoms with Crippen molar-refractivity contribution in [3.63, 3.8) is 0 Å². The second-order valence-electron chi connectivity index (χ2n) is 6.20. The molecule has 118 valence electrons. The van der Waals surface area contributed by atoms with Crippen molar-refractivity contribution < 1.29 is 9.13 Å². The summed E-state index contributed by atoms with van der Waals surface area (Å²) >= 11 is 0. The van der Waals surface area contributed by atoms with Gasteiger partial charge in [-0.1, -0.05) is 19.1 Å². The van der Waals surface area contributed by atoms with Gasteiger partial charge in [0.05, 0.1) is 16.8 Å². The summed E-state index contributed by atoms with van der Waals surface area (Å²) in [7, 11) is 0. The van der Waals surface area contributed by atoms with Gasteiger partial charge in [-0.2, -0.15) is 0 Å². The average Bonchev–Trinajstić information content (AvgIpc) is 2.50. The van der Waals surface area contributed by atoms with E-state index in [0.717, 1.165) is 25.8 Å². The highest BCUT2D eigenvalue weighted by Crippen LogP contribution is 2.40. The first-order chi connectivity index (χ1) is 10.0. The lowest BCUT2D eigenvalue weighted by atomic mass is 9.77. The number of benzene rings is 1. The largest absolute Gasteiger partial charge is 0.375 e. The fourth-order valence-electron chi connectivity index (χ4n) is 3.50. The van der Waals surface area contributed by atoms with Crippen molar-refractivity contribution in [2.45, 2.75) is 51.2 Å². The first-order valence-corrected chi connectivity index (χ1v) is 7.86. The maximum Gasteiger partial charge on any atom is 0.146 e. The number of rotatable bonds is 5. The molecule has 2 N–H and O–H groups in total. The average molecular weight is 294 g/mol. The number of nitrogens with zero attached hydrogens (tertiary/aromatic N) is 1. The Morgan fingerprint density at radius 1 is 1.33 bits per heavy atom. The molecule has 1 saturated heterocycles. The van der Waals surface area contributed by atoms with Gasteiger partial charge in [0.2, 0.25) is 0 Å². The summed E-state index contributed by atoms with van der Waals surface area (Å²) in [6.45, 7) is 8.24. The highest BCUT2D eigenvalue weighted by atomic mass is 19.1. The molecule has 1 aromatic carbocycles. The van der Waals surface area contributed by atoms with Crippen LogP contribution in [0.2, 0.25) is 0 Å². The van der Waals surface area contributed by atoms with E-state index in [1.807, 2.05) is 12.1 Å². The molecule has 2 unspecified atom stereocenters. The van der Waals surface area contributed by atoms with Crippen LogP contribution in [0.15, 0.2) is 24.3 Å². The Labute approximate surface area is 127 Å². The van der Waals surface area contributed by atoms with Gasteiger partial charge in [-0.15, -0.1) is 0 Å². The monoisotopic (exact) mass is 294 g/mol. The highest BCUT2D eigenvalue weighted by Gasteiger charge is 2.45. The Balaban J connectivity index is 2.40. The zero-order valence-electron chi connectivity index (χ0n) is 13.4. The van der Waals surface area contributed by atoms with Crippen molar-refractivity contribution in [1.82, 2.24) is 0 Å². The predicted octanol–water partition coefficient (Wildman–Crippen LogP) is 3.33. The zero-order chi connectivity index (χ0) is 15.5. The van der Waals surface area contributed by atoms with Crippen LogP contribution in [-0.2, 0) is 4.74 Å². The lowest BCUT2D eigenvalue weighted by Gasteiger charge is -2.52. The number of para-hydroxylation sites is 1. The molecule has 1 aliphatic rings. The Kier molecular flexibility index (Phi) is 4.89. The van der Waals surface area contributed by atoms with Crippen molar-refractivity contribution in [2.75, 3.05) is 24.6 Å². The summed E-state index contributed by atoms with van der Waals surface area (Å²) in [6, 6.07) is 6.96. The second-order valence-corrected chi connectivity index (χ2v) is 6.20. The molecule has 0 amide bonds. The highest BCUT2D eigenvalue weighted by molar-refractivity contribution is 5.51. The number of likely N-dealkylation sites (N-methyl/N-ethyl adjacent to an activating group) is 1. The molecule has 0 aromatic heterocycles. The second kappa shape index (κ2) is 6.32. The maximum atomic E-state index is 14.2. The molecular formula is C17H27FN2O. The molecule has 21 heavy (non-hydrogen) atoms. The molecule has 1 aliphatic heterocycles. The molecule has 0 spiro atoms. The number of halogens is 1. The minimum Gasteiger partial charge on any atom is -0.375 e. The van der Waals surface area contributed by atoms with Crippen LogP contribution in [0.25, 0.3) is 0 Å². The number of hydrogen-bond acceptors (Lipinski definition) is 3. The van der Waals surface area contributed by atoms with Gasteiger partial charge in [0.15, 0.2) is 0 Å². The van der Waals surface area contributed by atoms with Crippen molar-refractivity contribution in [1.29, 1.82) is 0 Å². The quantitative estimate of drug-likeness (QED) is 0.905. The van der Waals surface area contributed by atoms with Gasteiger partial charge < -0.3 is 15.4 Å². The first-order valence-electron chi connectivity index (χ1n) is 7.86. The number of anilines is 1. The van der Waals surface area contributed by atoms with E-state index >= 15 is 0 Å². The summed E-state index contributed by atoms with van der Waals surface area (Å²) < 4.78 is 20.2. The van der Waals surface area contributed by atoms with Gasteiger partial charge in [0.25, 0.3) is 0 Å². The smallest absolute Gasteiger partial charge is 0.146 e. The van der Waals surface area contributed by atoms with Crippen LogP contribution in [0.4, 0.5) is 10.1 Å². The van der Waals surface area contributed by atoms with Gasteiger partial charge in [-0.3, -0.25) is 0 Å². The van der Waals surface area contributed by atoms with Gasteiger partial charge in [-0.05, 0) is 38.8 Å².